The summed E-state index contributed by atoms with van der Waals surface area (Å²) in [6, 6.07) is 8.59. The van der Waals surface area contributed by atoms with Crippen molar-refractivity contribution in [2.75, 3.05) is 18.0 Å². The molecule has 2 heterocycles. The lowest BCUT2D eigenvalue weighted by Crippen LogP contribution is -2.15. The molecule has 2 aromatic heterocycles. The molecule has 0 fully saturated rings. The normalized spacial score (nSPS) is 11.7. The van der Waals surface area contributed by atoms with Gasteiger partial charge >= 0.3 is 0 Å². The van der Waals surface area contributed by atoms with Crippen molar-refractivity contribution in [3.63, 3.8) is 0 Å². The first kappa shape index (κ1) is 23.8. The van der Waals surface area contributed by atoms with Crippen LogP contribution in [0.5, 0.6) is 0 Å². The summed E-state index contributed by atoms with van der Waals surface area (Å²) in [5, 5.41) is 2.93. The van der Waals surface area contributed by atoms with E-state index in [1.807, 2.05) is 0 Å². The predicted octanol–water partition coefficient (Wildman–Crippen LogP) is 2.44. The quantitative estimate of drug-likeness (QED) is 0.544. The second-order valence-electron chi connectivity index (χ2n) is 6.33. The van der Waals surface area contributed by atoms with Crippen LogP contribution in [-0.4, -0.2) is 39.1 Å². The molecule has 0 saturated carbocycles. The molecule has 0 atom stereocenters. The highest BCUT2D eigenvalue weighted by Gasteiger charge is 2.24. The lowest BCUT2D eigenvalue weighted by atomic mass is 10.1. The second-order valence-corrected chi connectivity index (χ2v) is 9.89. The highest BCUT2D eigenvalue weighted by atomic mass is 35.5. The first-order valence-electron chi connectivity index (χ1n) is 8.41. The number of aromatic nitrogens is 2. The number of hydrogen-bond acceptors (Lipinski definition) is 6. The van der Waals surface area contributed by atoms with Crippen LogP contribution in [-0.2, 0) is 26.6 Å². The van der Waals surface area contributed by atoms with Gasteiger partial charge in [-0.3, -0.25) is 9.71 Å². The van der Waals surface area contributed by atoms with E-state index >= 15 is 0 Å². The molecule has 2 N–H and O–H groups in total. The molecule has 0 aliphatic carbocycles. The van der Waals surface area contributed by atoms with E-state index in [-0.39, 0.29) is 34.2 Å². The molecule has 0 bridgehead atoms. The average molecular weight is 475 g/mol. The van der Waals surface area contributed by atoms with Crippen LogP contribution >= 0.6 is 12.4 Å². The van der Waals surface area contributed by atoms with Crippen LogP contribution in [0.3, 0.4) is 0 Å². The number of halogens is 2. The van der Waals surface area contributed by atoms with Crippen molar-refractivity contribution in [1.29, 1.82) is 0 Å². The summed E-state index contributed by atoms with van der Waals surface area (Å²) in [6.07, 6.45) is 4.64. The standard InChI is InChI=1S/C18H19FN4O4S2.ClH/c1-20-9-13-7-18(16-5-3-4-6-17(16)19)23(12-13)29(26,27)15-8-14(10-21-11-15)22-28(2,24)25;/h3-8,10-12,20,22H,9H2,1-2H3;1H. The summed E-state index contributed by atoms with van der Waals surface area (Å²) in [6.45, 7) is 0.373. The predicted molar refractivity (Wildman–Crippen MR) is 115 cm³/mol. The van der Waals surface area contributed by atoms with E-state index in [2.05, 4.69) is 15.0 Å². The Kier molecular flexibility index (Phi) is 7.24. The van der Waals surface area contributed by atoms with Gasteiger partial charge in [-0.2, -0.15) is 0 Å². The number of anilines is 1. The van der Waals surface area contributed by atoms with Gasteiger partial charge in [0.15, 0.2) is 0 Å². The van der Waals surface area contributed by atoms with Gasteiger partial charge in [0.1, 0.15) is 10.7 Å². The van der Waals surface area contributed by atoms with Crippen molar-refractivity contribution in [2.45, 2.75) is 11.4 Å². The third-order valence-electron chi connectivity index (χ3n) is 3.95. The molecular formula is C18H20ClFN4O4S2. The third-order valence-corrected chi connectivity index (χ3v) is 6.19. The van der Waals surface area contributed by atoms with E-state index in [1.165, 1.54) is 30.6 Å². The van der Waals surface area contributed by atoms with Crippen LogP contribution in [0.4, 0.5) is 10.1 Å². The molecule has 0 aliphatic heterocycles. The Labute approximate surface area is 180 Å². The Bertz CT molecular complexity index is 1260. The van der Waals surface area contributed by atoms with Gasteiger partial charge in [-0.15, -0.1) is 12.4 Å². The summed E-state index contributed by atoms with van der Waals surface area (Å²) in [7, 11) is -6.09. The molecule has 0 radical (unpaired) electrons. The van der Waals surface area contributed by atoms with Gasteiger partial charge < -0.3 is 5.32 Å². The molecule has 0 spiro atoms. The summed E-state index contributed by atoms with van der Waals surface area (Å²) < 4.78 is 67.0. The maximum Gasteiger partial charge on any atom is 0.269 e. The van der Waals surface area contributed by atoms with Crippen LogP contribution in [0.15, 0.2) is 59.9 Å². The van der Waals surface area contributed by atoms with Crippen molar-refractivity contribution < 1.29 is 21.2 Å². The van der Waals surface area contributed by atoms with E-state index in [0.29, 0.717) is 12.1 Å². The number of rotatable bonds is 7. The van der Waals surface area contributed by atoms with Crippen molar-refractivity contribution in [2.24, 2.45) is 0 Å². The minimum Gasteiger partial charge on any atom is -0.316 e. The molecule has 3 aromatic rings. The number of sulfonamides is 1. The fourth-order valence-electron chi connectivity index (χ4n) is 2.81. The SMILES string of the molecule is CNCc1cc(-c2ccccc2F)n(S(=O)(=O)c2cncc(NS(C)(=O)=O)c2)c1.Cl. The zero-order chi connectivity index (χ0) is 21.2. The Morgan fingerprint density at radius 1 is 1.10 bits per heavy atom. The van der Waals surface area contributed by atoms with E-state index in [9.17, 15) is 21.2 Å². The summed E-state index contributed by atoms with van der Waals surface area (Å²) >= 11 is 0. The van der Waals surface area contributed by atoms with Gasteiger partial charge in [-0.1, -0.05) is 12.1 Å². The number of benzene rings is 1. The van der Waals surface area contributed by atoms with Crippen molar-refractivity contribution in [3.05, 3.63) is 66.4 Å². The molecule has 0 aliphatic rings. The molecule has 8 nitrogen and oxygen atoms in total. The average Bonchev–Trinajstić information content (AvgIpc) is 3.06. The van der Waals surface area contributed by atoms with Crippen LogP contribution in [0.1, 0.15) is 5.56 Å². The Hall–Kier alpha value is -2.47. The fourth-order valence-corrected chi connectivity index (χ4v) is 4.73. The zero-order valence-electron chi connectivity index (χ0n) is 16.0. The Morgan fingerprint density at radius 2 is 1.80 bits per heavy atom. The highest BCUT2D eigenvalue weighted by Crippen LogP contribution is 2.29. The minimum atomic E-state index is -4.19. The highest BCUT2D eigenvalue weighted by molar-refractivity contribution is 7.92. The summed E-state index contributed by atoms with van der Waals surface area (Å²) in [4.78, 5) is 3.58. The van der Waals surface area contributed by atoms with Crippen LogP contribution in [0.25, 0.3) is 11.3 Å². The Balaban J connectivity index is 0.00000320. The molecule has 162 valence electrons. The lowest BCUT2D eigenvalue weighted by molar-refractivity contribution is 0.586. The zero-order valence-corrected chi connectivity index (χ0v) is 18.5. The molecule has 3 rings (SSSR count). The molecule has 30 heavy (non-hydrogen) atoms. The summed E-state index contributed by atoms with van der Waals surface area (Å²) in [5.41, 5.74) is 0.906. The van der Waals surface area contributed by atoms with Gasteiger partial charge in [-0.05, 0) is 36.9 Å². The molecule has 1 aromatic carbocycles. The summed E-state index contributed by atoms with van der Waals surface area (Å²) in [5.74, 6) is -0.566. The lowest BCUT2D eigenvalue weighted by Gasteiger charge is -2.12. The van der Waals surface area contributed by atoms with E-state index in [1.54, 1.807) is 19.2 Å². The van der Waals surface area contributed by atoms with Crippen molar-refractivity contribution in [1.82, 2.24) is 14.3 Å². The molecular weight excluding hydrogens is 455 g/mol. The van der Waals surface area contributed by atoms with Gasteiger partial charge in [-0.25, -0.2) is 25.2 Å². The van der Waals surface area contributed by atoms with E-state index in [0.717, 1.165) is 22.5 Å². The molecule has 0 amide bonds. The second kappa shape index (κ2) is 9.13. The molecule has 0 unspecified atom stereocenters. The molecule has 12 heteroatoms. The van der Waals surface area contributed by atoms with E-state index < -0.39 is 25.9 Å². The van der Waals surface area contributed by atoms with Gasteiger partial charge in [0.25, 0.3) is 10.0 Å². The number of nitrogens with one attached hydrogen (secondary N) is 2. The van der Waals surface area contributed by atoms with Gasteiger partial charge in [0.2, 0.25) is 10.0 Å². The molecule has 0 saturated heterocycles. The maximum absolute atomic E-state index is 14.4. The largest absolute Gasteiger partial charge is 0.316 e. The third kappa shape index (κ3) is 5.17. The first-order valence-corrected chi connectivity index (χ1v) is 11.7. The smallest absolute Gasteiger partial charge is 0.269 e. The number of nitrogens with zero attached hydrogens (tertiary/aromatic N) is 2. The topological polar surface area (TPSA) is 110 Å². The van der Waals surface area contributed by atoms with Crippen molar-refractivity contribution in [3.8, 4) is 11.3 Å². The maximum atomic E-state index is 14.4. The number of hydrogen-bond donors (Lipinski definition) is 2. The van der Waals surface area contributed by atoms with Crippen molar-refractivity contribution >= 4 is 38.1 Å². The minimum absolute atomic E-state index is 0. The fraction of sp³-hybridized carbons (Fsp3) is 0.167. The number of pyridine rings is 1. The van der Waals surface area contributed by atoms with Gasteiger partial charge in [0.05, 0.1) is 23.8 Å². The van der Waals surface area contributed by atoms with Crippen LogP contribution < -0.4 is 10.0 Å². The van der Waals surface area contributed by atoms with Gasteiger partial charge in [0, 0.05) is 24.5 Å². The Morgan fingerprint density at radius 3 is 2.43 bits per heavy atom. The van der Waals surface area contributed by atoms with Crippen LogP contribution in [0.2, 0.25) is 0 Å². The monoisotopic (exact) mass is 474 g/mol. The van der Waals surface area contributed by atoms with E-state index in [4.69, 9.17) is 0 Å². The first-order chi connectivity index (χ1) is 13.6. The van der Waals surface area contributed by atoms with Crippen LogP contribution in [0, 0.1) is 5.82 Å².